The summed E-state index contributed by atoms with van der Waals surface area (Å²) in [5.74, 6) is 0.643. The number of nitrogen functional groups attached to an aromatic ring is 1. The second-order valence-corrected chi connectivity index (χ2v) is 6.73. The minimum Gasteiger partial charge on any atom is -0.375 e. The van der Waals surface area contributed by atoms with Crippen LogP contribution in [-0.2, 0) is 6.42 Å². The van der Waals surface area contributed by atoms with Gasteiger partial charge in [0.1, 0.15) is 0 Å². The molecule has 2 nitrogen and oxygen atoms in total. The smallest absolute Gasteiger partial charge is 0.180 e. The Labute approximate surface area is 134 Å². The molecule has 5 heteroatoms. The number of thiazole rings is 1. The van der Waals surface area contributed by atoms with Crippen LogP contribution < -0.4 is 5.73 Å². The molecule has 0 saturated heterocycles. The van der Waals surface area contributed by atoms with E-state index in [0.29, 0.717) is 21.1 Å². The third-order valence-corrected chi connectivity index (χ3v) is 4.57. The Morgan fingerprint density at radius 3 is 2.55 bits per heavy atom. The average Bonchev–Trinajstić information content (AvgIpc) is 2.71. The maximum absolute atomic E-state index is 6.07. The van der Waals surface area contributed by atoms with Crippen molar-refractivity contribution < 1.29 is 0 Å². The highest BCUT2D eigenvalue weighted by Gasteiger charge is 2.13. The lowest BCUT2D eigenvalue weighted by molar-refractivity contribution is 0.583. The van der Waals surface area contributed by atoms with E-state index in [0.717, 1.165) is 29.0 Å². The summed E-state index contributed by atoms with van der Waals surface area (Å²) in [4.78, 5) is 5.53. The Kier molecular flexibility index (Phi) is 6.31. The third kappa shape index (κ3) is 4.11. The van der Waals surface area contributed by atoms with Crippen LogP contribution in [0.5, 0.6) is 0 Å². The van der Waals surface area contributed by atoms with Gasteiger partial charge in [0.25, 0.3) is 0 Å². The van der Waals surface area contributed by atoms with E-state index in [1.807, 2.05) is 12.1 Å². The van der Waals surface area contributed by atoms with Crippen LogP contribution >= 0.6 is 34.5 Å². The summed E-state index contributed by atoms with van der Waals surface area (Å²) in [5.41, 5.74) is 7.92. The van der Waals surface area contributed by atoms with Crippen LogP contribution in [0.4, 0.5) is 5.13 Å². The minimum atomic E-state index is 0. The zero-order valence-electron chi connectivity index (χ0n) is 10.9. The van der Waals surface area contributed by atoms with Crippen molar-refractivity contribution in [1.82, 2.24) is 4.98 Å². The Morgan fingerprint density at radius 1 is 1.25 bits per heavy atom. The number of halogens is 2. The normalized spacial score (nSPS) is 10.7. The number of hydrogen-bond donors (Lipinski definition) is 1. The molecular weight excluding hydrogens is 311 g/mol. The lowest BCUT2D eigenvalue weighted by atomic mass is 10.0. The average molecular weight is 331 g/mol. The molecule has 2 rings (SSSR count). The predicted molar refractivity (Wildman–Crippen MR) is 91.9 cm³/mol. The summed E-state index contributed by atoms with van der Waals surface area (Å²) >= 11 is 13.5. The molecule has 110 valence electrons. The van der Waals surface area contributed by atoms with Crippen LogP contribution in [0.1, 0.15) is 33.4 Å². The molecule has 1 aromatic carbocycles. The molecule has 20 heavy (non-hydrogen) atoms. The van der Waals surface area contributed by atoms with Crippen molar-refractivity contribution in [3.8, 4) is 10.4 Å². The molecule has 0 bridgehead atoms. The summed E-state index contributed by atoms with van der Waals surface area (Å²) in [6.45, 7) is 4.41. The molecule has 0 amide bonds. The maximum atomic E-state index is 6.07. The Hall–Kier alpha value is -0.770. The fourth-order valence-electron chi connectivity index (χ4n) is 1.83. The summed E-state index contributed by atoms with van der Waals surface area (Å²) in [5, 5.41) is 1.72. The number of nitrogens with zero attached hydrogens (tertiary/aromatic N) is 1. The molecule has 0 fully saturated rings. The van der Waals surface area contributed by atoms with Crippen LogP contribution in [0.3, 0.4) is 0 Å². The van der Waals surface area contributed by atoms with E-state index < -0.39 is 0 Å². The highest BCUT2D eigenvalue weighted by Crippen LogP contribution is 2.35. The molecule has 0 radical (unpaired) electrons. The quantitative estimate of drug-likeness (QED) is 0.755. The molecule has 1 aromatic heterocycles. The van der Waals surface area contributed by atoms with Crippen LogP contribution in [0.25, 0.3) is 10.4 Å². The fraction of sp³-hybridized carbons (Fsp3) is 0.400. The van der Waals surface area contributed by atoms with E-state index in [4.69, 9.17) is 28.9 Å². The van der Waals surface area contributed by atoms with Gasteiger partial charge in [-0.2, -0.15) is 0 Å². The zero-order chi connectivity index (χ0) is 14.0. The van der Waals surface area contributed by atoms with Crippen molar-refractivity contribution in [1.29, 1.82) is 0 Å². The molecular formula is C15H20Cl2N2S. The van der Waals surface area contributed by atoms with E-state index in [1.54, 1.807) is 6.07 Å². The van der Waals surface area contributed by atoms with Crippen molar-refractivity contribution >= 4 is 39.7 Å². The summed E-state index contributed by atoms with van der Waals surface area (Å²) in [6, 6.07) is 5.64. The Bertz CT molecular complexity index is 579. The van der Waals surface area contributed by atoms with Gasteiger partial charge in [-0.1, -0.05) is 61.9 Å². The summed E-state index contributed by atoms with van der Waals surface area (Å²) in [6.07, 6.45) is 2.03. The van der Waals surface area contributed by atoms with Gasteiger partial charge >= 0.3 is 0 Å². The van der Waals surface area contributed by atoms with Gasteiger partial charge in [0.05, 0.1) is 20.6 Å². The topological polar surface area (TPSA) is 38.9 Å². The highest BCUT2D eigenvalue weighted by atomic mass is 35.5. The largest absolute Gasteiger partial charge is 0.375 e. The standard InChI is InChI=1S/C14H16Cl2N2S.CH4/c1-8(2)3-6-12-13(19-14(17)18-12)9-4-5-10(15)11(16)7-9;/h4-5,7-8H,3,6H2,1-2H3,(H2,17,18);1H4. The van der Waals surface area contributed by atoms with Gasteiger partial charge in [-0.05, 0) is 36.5 Å². The van der Waals surface area contributed by atoms with Crippen molar-refractivity contribution in [3.63, 3.8) is 0 Å². The van der Waals surface area contributed by atoms with E-state index in [9.17, 15) is 0 Å². The molecule has 0 aliphatic heterocycles. The van der Waals surface area contributed by atoms with Gasteiger partial charge in [0, 0.05) is 0 Å². The number of anilines is 1. The van der Waals surface area contributed by atoms with Crippen molar-refractivity contribution in [2.45, 2.75) is 34.1 Å². The molecule has 0 unspecified atom stereocenters. The lowest BCUT2D eigenvalue weighted by Crippen LogP contribution is -1.95. The molecule has 0 aliphatic carbocycles. The van der Waals surface area contributed by atoms with Crippen LogP contribution in [0.2, 0.25) is 10.0 Å². The maximum Gasteiger partial charge on any atom is 0.180 e. The van der Waals surface area contributed by atoms with E-state index in [-0.39, 0.29) is 7.43 Å². The van der Waals surface area contributed by atoms with Crippen molar-refractivity contribution in [3.05, 3.63) is 33.9 Å². The number of hydrogen-bond acceptors (Lipinski definition) is 3. The highest BCUT2D eigenvalue weighted by molar-refractivity contribution is 7.18. The number of aryl methyl sites for hydroxylation is 1. The number of rotatable bonds is 4. The second kappa shape index (κ2) is 7.30. The molecule has 2 aromatic rings. The molecule has 0 atom stereocenters. The third-order valence-electron chi connectivity index (χ3n) is 2.85. The first-order valence-electron chi connectivity index (χ1n) is 6.18. The van der Waals surface area contributed by atoms with Gasteiger partial charge in [0.15, 0.2) is 5.13 Å². The van der Waals surface area contributed by atoms with Crippen molar-refractivity contribution in [2.24, 2.45) is 5.92 Å². The first kappa shape index (κ1) is 17.3. The van der Waals surface area contributed by atoms with Crippen LogP contribution in [-0.4, -0.2) is 4.98 Å². The summed E-state index contributed by atoms with van der Waals surface area (Å²) < 4.78 is 0. The molecule has 0 aliphatic rings. The SMILES string of the molecule is C.CC(C)CCc1nc(N)sc1-c1ccc(Cl)c(Cl)c1. The summed E-state index contributed by atoms with van der Waals surface area (Å²) in [7, 11) is 0. The van der Waals surface area contributed by atoms with Gasteiger partial charge in [-0.3, -0.25) is 0 Å². The van der Waals surface area contributed by atoms with Crippen LogP contribution in [0.15, 0.2) is 18.2 Å². The number of benzene rings is 1. The monoisotopic (exact) mass is 330 g/mol. The van der Waals surface area contributed by atoms with Gasteiger partial charge in [-0.15, -0.1) is 0 Å². The Morgan fingerprint density at radius 2 is 1.95 bits per heavy atom. The molecule has 0 spiro atoms. The molecule has 0 saturated carbocycles. The first-order chi connectivity index (χ1) is 8.97. The minimum absolute atomic E-state index is 0. The van der Waals surface area contributed by atoms with Gasteiger partial charge < -0.3 is 5.73 Å². The van der Waals surface area contributed by atoms with E-state index >= 15 is 0 Å². The second-order valence-electron chi connectivity index (χ2n) is 4.89. The zero-order valence-corrected chi connectivity index (χ0v) is 13.2. The first-order valence-corrected chi connectivity index (χ1v) is 7.75. The predicted octanol–water partition coefficient (Wildman–Crippen LogP) is 5.92. The number of aromatic nitrogens is 1. The van der Waals surface area contributed by atoms with E-state index in [2.05, 4.69) is 18.8 Å². The number of nitrogens with two attached hydrogens (primary N) is 1. The lowest BCUT2D eigenvalue weighted by Gasteiger charge is -2.06. The fourth-order valence-corrected chi connectivity index (χ4v) is 3.00. The van der Waals surface area contributed by atoms with Crippen LogP contribution in [0, 0.1) is 5.92 Å². The molecule has 1 heterocycles. The van der Waals surface area contributed by atoms with E-state index in [1.165, 1.54) is 11.3 Å². The van der Waals surface area contributed by atoms with Gasteiger partial charge in [0.2, 0.25) is 0 Å². The van der Waals surface area contributed by atoms with Gasteiger partial charge in [-0.25, -0.2) is 4.98 Å². The van der Waals surface area contributed by atoms with Crippen molar-refractivity contribution in [2.75, 3.05) is 5.73 Å². The molecule has 2 N–H and O–H groups in total. The Balaban J connectivity index is 0.00000200.